The summed E-state index contributed by atoms with van der Waals surface area (Å²) in [5.74, 6) is 1.81. The molecule has 0 saturated heterocycles. The first-order valence-corrected chi connectivity index (χ1v) is 10.0. The molecular weight excluding hydrogens is 483 g/mol. The average molecular weight is 504 g/mol. The van der Waals surface area contributed by atoms with Gasteiger partial charge in [-0.3, -0.25) is 4.79 Å². The third-order valence-corrected chi connectivity index (χ3v) is 5.01. The van der Waals surface area contributed by atoms with E-state index in [1.807, 2.05) is 18.2 Å². The molecule has 3 rings (SSSR count). The topological polar surface area (TPSA) is 99.4 Å². The molecule has 3 aromatic rings. The van der Waals surface area contributed by atoms with Crippen molar-refractivity contribution in [2.75, 3.05) is 18.2 Å². The van der Waals surface area contributed by atoms with Crippen LogP contribution >= 0.6 is 22.6 Å². The molecule has 0 atom stereocenters. The van der Waals surface area contributed by atoms with Crippen LogP contribution in [0.4, 0.5) is 11.8 Å². The zero-order valence-corrected chi connectivity index (χ0v) is 18.4. The van der Waals surface area contributed by atoms with Gasteiger partial charge in [-0.2, -0.15) is 4.98 Å². The van der Waals surface area contributed by atoms with Gasteiger partial charge >= 0.3 is 0 Å². The van der Waals surface area contributed by atoms with Crippen molar-refractivity contribution in [3.63, 3.8) is 0 Å². The normalized spacial score (nSPS) is 10.7. The molecule has 0 aliphatic heterocycles. The second-order valence-corrected chi connectivity index (χ2v) is 7.70. The van der Waals surface area contributed by atoms with Crippen LogP contribution in [-0.4, -0.2) is 23.0 Å². The number of halogens is 1. The molecule has 2 aromatic carbocycles. The predicted molar refractivity (Wildman–Crippen MR) is 121 cm³/mol. The molecule has 0 bridgehead atoms. The highest BCUT2D eigenvalue weighted by Gasteiger charge is 2.18. The second-order valence-electron chi connectivity index (χ2n) is 6.54. The molecule has 8 heteroatoms. The van der Waals surface area contributed by atoms with Crippen molar-refractivity contribution in [2.45, 2.75) is 19.8 Å². The molecule has 0 fully saturated rings. The van der Waals surface area contributed by atoms with E-state index in [2.05, 4.69) is 51.7 Å². The van der Waals surface area contributed by atoms with Crippen molar-refractivity contribution in [1.82, 2.24) is 9.97 Å². The maximum absolute atomic E-state index is 12.6. The van der Waals surface area contributed by atoms with Crippen LogP contribution in [0.3, 0.4) is 0 Å². The molecule has 0 saturated carbocycles. The fraction of sp³-hybridized carbons (Fsp3) is 0.190. The third-order valence-electron chi connectivity index (χ3n) is 4.17. The summed E-state index contributed by atoms with van der Waals surface area (Å²) in [6.07, 6.45) is 1.45. The van der Waals surface area contributed by atoms with Crippen molar-refractivity contribution in [3.05, 3.63) is 63.4 Å². The minimum absolute atomic E-state index is 0.0362. The smallest absolute Gasteiger partial charge is 0.256 e. The Bertz CT molecular complexity index is 1030. The van der Waals surface area contributed by atoms with Gasteiger partial charge in [0, 0.05) is 11.1 Å². The number of carbonyl (C=O) groups excluding carboxylic acids is 1. The van der Waals surface area contributed by atoms with Gasteiger partial charge in [0.2, 0.25) is 5.95 Å². The van der Waals surface area contributed by atoms with Gasteiger partial charge in [0.05, 0.1) is 16.9 Å². The molecule has 1 amide bonds. The lowest BCUT2D eigenvalue weighted by Gasteiger charge is -2.18. The summed E-state index contributed by atoms with van der Waals surface area (Å²) in [5.41, 5.74) is 7.18. The van der Waals surface area contributed by atoms with E-state index in [4.69, 9.17) is 15.2 Å². The highest BCUT2D eigenvalue weighted by atomic mass is 127. The lowest BCUT2D eigenvalue weighted by atomic mass is 10.0. The number of aromatic nitrogens is 2. The summed E-state index contributed by atoms with van der Waals surface area (Å²) in [6.45, 7) is 4.12. The summed E-state index contributed by atoms with van der Waals surface area (Å²) in [7, 11) is 1.63. The quantitative estimate of drug-likeness (QED) is 0.467. The first-order chi connectivity index (χ1) is 13.9. The van der Waals surface area contributed by atoms with Gasteiger partial charge in [0.1, 0.15) is 11.5 Å². The number of methoxy groups -OCH3 is 1. The number of ether oxygens (including phenoxy) is 2. The summed E-state index contributed by atoms with van der Waals surface area (Å²) >= 11 is 2.18. The van der Waals surface area contributed by atoms with E-state index >= 15 is 0 Å². The number of hydrogen-bond acceptors (Lipinski definition) is 6. The van der Waals surface area contributed by atoms with Crippen LogP contribution in [0.2, 0.25) is 0 Å². The molecular formula is C21H21IN4O3. The number of amides is 1. The molecule has 0 aliphatic rings. The molecule has 150 valence electrons. The number of nitrogens with zero attached hydrogens (tertiary/aromatic N) is 2. The number of nitrogen functional groups attached to an aromatic ring is 1. The number of benzene rings is 2. The van der Waals surface area contributed by atoms with E-state index in [1.165, 1.54) is 6.20 Å². The largest absolute Gasteiger partial charge is 0.496 e. The van der Waals surface area contributed by atoms with Gasteiger partial charge in [0.25, 0.3) is 5.91 Å². The molecule has 1 aromatic heterocycles. The lowest BCUT2D eigenvalue weighted by molar-refractivity contribution is 0.102. The van der Waals surface area contributed by atoms with E-state index < -0.39 is 0 Å². The molecule has 0 radical (unpaired) electrons. The lowest BCUT2D eigenvalue weighted by Crippen LogP contribution is -2.14. The fourth-order valence-corrected chi connectivity index (χ4v) is 3.34. The predicted octanol–water partition coefficient (Wildman–Crippen LogP) is 4.84. The van der Waals surface area contributed by atoms with Crippen molar-refractivity contribution >= 4 is 40.3 Å². The number of anilines is 2. The van der Waals surface area contributed by atoms with Crippen molar-refractivity contribution in [1.29, 1.82) is 0 Å². The SMILES string of the molecule is COc1cc(C(C)C)c(Oc2cnc(N)nc2NC(=O)c2ccccc2)cc1I. The zero-order chi connectivity index (χ0) is 21.0. The third kappa shape index (κ3) is 4.94. The minimum Gasteiger partial charge on any atom is -0.496 e. The number of rotatable bonds is 6. The number of hydrogen-bond donors (Lipinski definition) is 2. The van der Waals surface area contributed by atoms with Gasteiger partial charge < -0.3 is 20.5 Å². The van der Waals surface area contributed by atoms with Crippen molar-refractivity contribution in [3.8, 4) is 17.2 Å². The van der Waals surface area contributed by atoms with Gasteiger partial charge in [-0.25, -0.2) is 4.98 Å². The number of nitrogens with two attached hydrogens (primary N) is 1. The molecule has 7 nitrogen and oxygen atoms in total. The van der Waals surface area contributed by atoms with Crippen LogP contribution in [0.15, 0.2) is 48.7 Å². The Hall–Kier alpha value is -2.88. The summed E-state index contributed by atoms with van der Waals surface area (Å²) in [4.78, 5) is 20.7. The van der Waals surface area contributed by atoms with Crippen LogP contribution in [-0.2, 0) is 0 Å². The standard InChI is InChI=1S/C21H21IN4O3/c1-12(2)14-9-17(28-3)15(22)10-16(14)29-18-11-24-21(23)26-19(18)25-20(27)13-7-5-4-6-8-13/h4-12H,1-3H3,(H3,23,24,25,26,27). The molecule has 0 spiro atoms. The molecule has 3 N–H and O–H groups in total. The Balaban J connectivity index is 1.96. The maximum Gasteiger partial charge on any atom is 0.256 e. The molecule has 0 aliphatic carbocycles. The zero-order valence-electron chi connectivity index (χ0n) is 16.3. The van der Waals surface area contributed by atoms with Crippen LogP contribution in [0, 0.1) is 3.57 Å². The van der Waals surface area contributed by atoms with Crippen LogP contribution in [0.5, 0.6) is 17.2 Å². The highest BCUT2D eigenvalue weighted by Crippen LogP contribution is 2.38. The highest BCUT2D eigenvalue weighted by molar-refractivity contribution is 14.1. The Labute approximate surface area is 182 Å². The summed E-state index contributed by atoms with van der Waals surface area (Å²) < 4.78 is 12.4. The second kappa shape index (κ2) is 9.08. The van der Waals surface area contributed by atoms with Gasteiger partial charge in [-0.1, -0.05) is 32.0 Å². The van der Waals surface area contributed by atoms with Crippen molar-refractivity contribution < 1.29 is 14.3 Å². The summed E-state index contributed by atoms with van der Waals surface area (Å²) in [5, 5.41) is 2.75. The first kappa shape index (κ1) is 20.8. The van der Waals surface area contributed by atoms with E-state index in [-0.39, 0.29) is 23.6 Å². The average Bonchev–Trinajstić information content (AvgIpc) is 2.70. The van der Waals surface area contributed by atoms with Crippen LogP contribution < -0.4 is 20.5 Å². The molecule has 29 heavy (non-hydrogen) atoms. The fourth-order valence-electron chi connectivity index (χ4n) is 2.68. The molecule has 0 unspecified atom stereocenters. The minimum atomic E-state index is -0.318. The molecule has 1 heterocycles. The maximum atomic E-state index is 12.6. The Kier molecular flexibility index (Phi) is 6.53. The van der Waals surface area contributed by atoms with E-state index in [9.17, 15) is 4.79 Å². The van der Waals surface area contributed by atoms with E-state index in [0.717, 1.165) is 14.9 Å². The monoisotopic (exact) mass is 504 g/mol. The Morgan fingerprint density at radius 3 is 2.52 bits per heavy atom. The van der Waals surface area contributed by atoms with Crippen LogP contribution in [0.25, 0.3) is 0 Å². The Morgan fingerprint density at radius 1 is 1.14 bits per heavy atom. The first-order valence-electron chi connectivity index (χ1n) is 8.93. The van der Waals surface area contributed by atoms with Gasteiger partial charge in [-0.15, -0.1) is 0 Å². The van der Waals surface area contributed by atoms with Crippen LogP contribution in [0.1, 0.15) is 35.7 Å². The van der Waals surface area contributed by atoms with E-state index in [0.29, 0.717) is 17.1 Å². The number of nitrogens with one attached hydrogen (secondary N) is 1. The van der Waals surface area contributed by atoms with Gasteiger partial charge in [-0.05, 0) is 52.8 Å². The summed E-state index contributed by atoms with van der Waals surface area (Å²) in [6, 6.07) is 12.7. The van der Waals surface area contributed by atoms with E-state index in [1.54, 1.807) is 31.4 Å². The van der Waals surface area contributed by atoms with Crippen molar-refractivity contribution in [2.24, 2.45) is 0 Å². The number of carbonyl (C=O) groups is 1. The van der Waals surface area contributed by atoms with Gasteiger partial charge in [0.15, 0.2) is 11.6 Å². The Morgan fingerprint density at radius 2 is 1.86 bits per heavy atom.